The molecule has 0 N–H and O–H groups in total. The van der Waals surface area contributed by atoms with Crippen molar-refractivity contribution >= 4 is 33.7 Å². The minimum atomic E-state index is -0.404. The average Bonchev–Trinajstić information content (AvgIpc) is 3.42. The maximum Gasteiger partial charge on any atom is 0.269 e. The molecule has 0 bridgehead atoms. The van der Waals surface area contributed by atoms with Gasteiger partial charge < -0.3 is 9.47 Å². The molecule has 2 aromatic carbocycles. The quantitative estimate of drug-likeness (QED) is 0.273. The van der Waals surface area contributed by atoms with E-state index in [1.165, 1.54) is 23.5 Å². The van der Waals surface area contributed by atoms with Gasteiger partial charge in [0, 0.05) is 23.3 Å². The number of aromatic nitrogens is 3. The molecule has 28 heavy (non-hydrogen) atoms. The van der Waals surface area contributed by atoms with Gasteiger partial charge in [-0.15, -0.1) is 21.5 Å². The van der Waals surface area contributed by atoms with Gasteiger partial charge in [-0.1, -0.05) is 17.8 Å². The Kier molecular flexibility index (Phi) is 4.14. The second kappa shape index (κ2) is 6.80. The molecule has 0 fully saturated rings. The van der Waals surface area contributed by atoms with Crippen LogP contribution in [0.1, 0.15) is 5.56 Å². The normalized spacial score (nSPS) is 12.6. The molecule has 1 aliphatic rings. The van der Waals surface area contributed by atoms with E-state index >= 15 is 0 Å². The van der Waals surface area contributed by atoms with E-state index in [1.54, 1.807) is 23.9 Å². The number of non-ortho nitro benzene ring substituents is 1. The van der Waals surface area contributed by atoms with E-state index in [9.17, 15) is 10.1 Å². The van der Waals surface area contributed by atoms with Gasteiger partial charge in [0.05, 0.1) is 10.6 Å². The van der Waals surface area contributed by atoms with Crippen molar-refractivity contribution in [2.45, 2.75) is 10.9 Å². The molecule has 0 radical (unpaired) electrons. The van der Waals surface area contributed by atoms with Crippen molar-refractivity contribution in [2.75, 3.05) is 6.79 Å². The highest BCUT2D eigenvalue weighted by molar-refractivity contribution is 7.98. The van der Waals surface area contributed by atoms with E-state index in [0.717, 1.165) is 38.4 Å². The maximum absolute atomic E-state index is 10.9. The first-order valence-corrected chi connectivity index (χ1v) is 10.1. The molecule has 0 saturated heterocycles. The average molecular weight is 412 g/mol. The van der Waals surface area contributed by atoms with Crippen molar-refractivity contribution in [2.24, 2.45) is 0 Å². The summed E-state index contributed by atoms with van der Waals surface area (Å²) in [5.74, 6) is 2.22. The molecule has 5 rings (SSSR count). The molecule has 1 aliphatic heterocycles. The van der Waals surface area contributed by atoms with Crippen LogP contribution in [0.15, 0.2) is 53.0 Å². The lowest BCUT2D eigenvalue weighted by atomic mass is 10.1. The van der Waals surface area contributed by atoms with Gasteiger partial charge in [-0.3, -0.25) is 14.5 Å². The van der Waals surface area contributed by atoms with Gasteiger partial charge in [0.25, 0.3) is 5.69 Å². The second-order valence-corrected chi connectivity index (χ2v) is 7.78. The van der Waals surface area contributed by atoms with Crippen LogP contribution in [-0.2, 0) is 5.75 Å². The minimum absolute atomic E-state index is 0.0661. The minimum Gasteiger partial charge on any atom is -0.454 e. The van der Waals surface area contributed by atoms with Crippen LogP contribution in [0.4, 0.5) is 5.69 Å². The Hall–Kier alpha value is -3.11. The molecule has 2 aromatic heterocycles. The number of thiazole rings is 1. The number of nitro benzene ring substituents is 1. The fourth-order valence-corrected chi connectivity index (χ4v) is 4.71. The molecular formula is C18H12N4O4S2. The fourth-order valence-electron chi connectivity index (χ4n) is 2.92. The zero-order valence-corrected chi connectivity index (χ0v) is 15.9. The van der Waals surface area contributed by atoms with E-state index in [-0.39, 0.29) is 12.5 Å². The van der Waals surface area contributed by atoms with Crippen LogP contribution in [0.2, 0.25) is 0 Å². The van der Waals surface area contributed by atoms with E-state index in [0.29, 0.717) is 5.75 Å². The Bertz CT molecular complexity index is 1190. The lowest BCUT2D eigenvalue weighted by Crippen LogP contribution is -1.93. The largest absolute Gasteiger partial charge is 0.454 e. The van der Waals surface area contributed by atoms with Gasteiger partial charge in [-0.25, -0.2) is 0 Å². The Balaban J connectivity index is 1.43. The molecular weight excluding hydrogens is 400 g/mol. The van der Waals surface area contributed by atoms with Crippen molar-refractivity contribution in [3.63, 3.8) is 0 Å². The highest BCUT2D eigenvalue weighted by Crippen LogP contribution is 2.35. The summed E-state index contributed by atoms with van der Waals surface area (Å²) in [4.78, 5) is 11.3. The number of nitrogens with zero attached hydrogens (tertiary/aromatic N) is 4. The number of fused-ring (bicyclic) bond motifs is 2. The number of thioether (sulfide) groups is 1. The molecule has 10 heteroatoms. The van der Waals surface area contributed by atoms with E-state index in [2.05, 4.69) is 10.2 Å². The summed E-state index contributed by atoms with van der Waals surface area (Å²) in [5, 5.41) is 22.2. The third-order valence-electron chi connectivity index (χ3n) is 4.30. The lowest BCUT2D eigenvalue weighted by Gasteiger charge is -2.04. The second-order valence-electron chi connectivity index (χ2n) is 6.00. The van der Waals surface area contributed by atoms with Crippen LogP contribution in [0.5, 0.6) is 11.5 Å². The number of hydrogen-bond acceptors (Lipinski definition) is 8. The van der Waals surface area contributed by atoms with Crippen molar-refractivity contribution in [3.8, 4) is 22.8 Å². The SMILES string of the molecule is O=[N+]([O-])c1ccc(-c2csc3nnc(SCc4ccc5c(c4)OCO5)n23)cc1. The highest BCUT2D eigenvalue weighted by atomic mass is 32.2. The summed E-state index contributed by atoms with van der Waals surface area (Å²) in [6, 6.07) is 12.4. The van der Waals surface area contributed by atoms with E-state index < -0.39 is 4.92 Å². The van der Waals surface area contributed by atoms with Crippen LogP contribution in [0, 0.1) is 10.1 Å². The monoisotopic (exact) mass is 412 g/mol. The van der Waals surface area contributed by atoms with Gasteiger partial charge in [0.1, 0.15) is 0 Å². The summed E-state index contributed by atoms with van der Waals surface area (Å²) >= 11 is 3.05. The van der Waals surface area contributed by atoms with Crippen molar-refractivity contribution in [3.05, 3.63) is 63.5 Å². The van der Waals surface area contributed by atoms with Gasteiger partial charge in [-0.2, -0.15) is 0 Å². The zero-order valence-electron chi connectivity index (χ0n) is 14.3. The van der Waals surface area contributed by atoms with Gasteiger partial charge in [0.15, 0.2) is 16.7 Å². The van der Waals surface area contributed by atoms with E-state index in [4.69, 9.17) is 9.47 Å². The third kappa shape index (κ3) is 2.96. The van der Waals surface area contributed by atoms with Gasteiger partial charge >= 0.3 is 0 Å². The van der Waals surface area contributed by atoms with Crippen molar-refractivity contribution < 1.29 is 14.4 Å². The number of nitro groups is 1. The molecule has 0 aliphatic carbocycles. The lowest BCUT2D eigenvalue weighted by molar-refractivity contribution is -0.384. The molecule has 8 nitrogen and oxygen atoms in total. The molecule has 140 valence electrons. The van der Waals surface area contributed by atoms with Crippen LogP contribution in [0.3, 0.4) is 0 Å². The van der Waals surface area contributed by atoms with Crippen LogP contribution >= 0.6 is 23.1 Å². The topological polar surface area (TPSA) is 91.8 Å². The Labute approximate surface area is 166 Å². The van der Waals surface area contributed by atoms with Crippen LogP contribution < -0.4 is 9.47 Å². The van der Waals surface area contributed by atoms with Crippen LogP contribution in [0.25, 0.3) is 16.2 Å². The molecule has 0 atom stereocenters. The Morgan fingerprint density at radius 3 is 2.79 bits per heavy atom. The highest BCUT2D eigenvalue weighted by Gasteiger charge is 2.17. The molecule has 0 spiro atoms. The summed E-state index contributed by atoms with van der Waals surface area (Å²) < 4.78 is 12.7. The summed E-state index contributed by atoms with van der Waals surface area (Å²) in [5.41, 5.74) is 2.95. The number of benzene rings is 2. The van der Waals surface area contributed by atoms with Crippen molar-refractivity contribution in [1.29, 1.82) is 0 Å². The first kappa shape index (κ1) is 17.0. The van der Waals surface area contributed by atoms with E-state index in [1.807, 2.05) is 28.0 Å². The predicted molar refractivity (Wildman–Crippen MR) is 105 cm³/mol. The molecule has 0 saturated carbocycles. The standard InChI is InChI=1S/C18H12N4O4S2/c23-22(24)13-4-2-12(3-5-13)14-9-28-18-20-19-17(21(14)18)27-8-11-1-6-15-16(7-11)26-10-25-15/h1-7,9H,8,10H2. The molecule has 0 unspecified atom stereocenters. The Morgan fingerprint density at radius 1 is 1.14 bits per heavy atom. The smallest absolute Gasteiger partial charge is 0.269 e. The Morgan fingerprint density at radius 2 is 1.96 bits per heavy atom. The first-order chi connectivity index (χ1) is 13.7. The van der Waals surface area contributed by atoms with Gasteiger partial charge in [-0.05, 0) is 35.4 Å². The maximum atomic E-state index is 10.9. The predicted octanol–water partition coefficient (Wildman–Crippen LogP) is 4.39. The molecule has 3 heterocycles. The zero-order chi connectivity index (χ0) is 19.1. The molecule has 0 amide bonds. The fraction of sp³-hybridized carbons (Fsp3) is 0.111. The van der Waals surface area contributed by atoms with Crippen LogP contribution in [-0.4, -0.2) is 26.3 Å². The molecule has 4 aromatic rings. The van der Waals surface area contributed by atoms with Crippen molar-refractivity contribution in [1.82, 2.24) is 14.6 Å². The number of hydrogen-bond donors (Lipinski definition) is 0. The summed E-state index contributed by atoms with van der Waals surface area (Å²) in [6.07, 6.45) is 0. The third-order valence-corrected chi connectivity index (χ3v) is 6.12. The summed E-state index contributed by atoms with van der Waals surface area (Å²) in [7, 11) is 0. The summed E-state index contributed by atoms with van der Waals surface area (Å²) in [6.45, 7) is 0.254. The number of ether oxygens (including phenoxy) is 2. The number of rotatable bonds is 5. The van der Waals surface area contributed by atoms with Gasteiger partial charge in [0.2, 0.25) is 11.8 Å². The first-order valence-electron chi connectivity index (χ1n) is 8.28.